The van der Waals surface area contributed by atoms with Crippen molar-refractivity contribution in [2.75, 3.05) is 20.3 Å². The number of methoxy groups -OCH3 is 1. The summed E-state index contributed by atoms with van der Waals surface area (Å²) >= 11 is 6.18. The minimum Gasteiger partial charge on any atom is -0.481 e. The Labute approximate surface area is 150 Å². The molecule has 1 saturated carbocycles. The maximum Gasteiger partial charge on any atom is 0.305 e. The Morgan fingerprint density at radius 2 is 2.20 bits per heavy atom. The van der Waals surface area contributed by atoms with Gasteiger partial charge < -0.3 is 19.5 Å². The third-order valence-electron chi connectivity index (χ3n) is 4.59. The molecule has 8 heteroatoms. The molecule has 7 nitrogen and oxygen atoms in total. The zero-order valence-electron chi connectivity index (χ0n) is 14.0. The van der Waals surface area contributed by atoms with Crippen LogP contribution in [0.4, 0.5) is 0 Å². The van der Waals surface area contributed by atoms with Crippen LogP contribution in [0.1, 0.15) is 36.0 Å². The van der Waals surface area contributed by atoms with Crippen molar-refractivity contribution < 1.29 is 24.2 Å². The third-order valence-corrected chi connectivity index (χ3v) is 4.86. The molecule has 2 unspecified atom stereocenters. The molecule has 1 amide bonds. The second kappa shape index (κ2) is 7.58. The van der Waals surface area contributed by atoms with Crippen LogP contribution in [0.2, 0.25) is 5.02 Å². The lowest BCUT2D eigenvalue weighted by atomic mass is 10.1. The molecule has 1 aromatic rings. The lowest BCUT2D eigenvalue weighted by molar-refractivity contribution is -0.137. The number of carbonyl (C=O) groups excluding carboxylic acids is 1. The van der Waals surface area contributed by atoms with E-state index in [1.165, 1.54) is 17.2 Å². The number of halogens is 1. The molecule has 2 fully saturated rings. The van der Waals surface area contributed by atoms with E-state index >= 15 is 0 Å². The first-order valence-electron chi connectivity index (χ1n) is 8.31. The second-order valence-electron chi connectivity index (χ2n) is 6.57. The van der Waals surface area contributed by atoms with Crippen molar-refractivity contribution in [1.29, 1.82) is 0 Å². The number of hydrogen-bond acceptors (Lipinski definition) is 5. The van der Waals surface area contributed by atoms with Gasteiger partial charge in [-0.1, -0.05) is 11.6 Å². The average Bonchev–Trinajstić information content (AvgIpc) is 3.32. The number of hydrogen-bond donors (Lipinski definition) is 1. The van der Waals surface area contributed by atoms with Crippen molar-refractivity contribution in [1.82, 2.24) is 9.88 Å². The number of aromatic nitrogens is 1. The molecule has 1 aliphatic heterocycles. The minimum absolute atomic E-state index is 0.116. The van der Waals surface area contributed by atoms with E-state index in [0.717, 1.165) is 12.8 Å². The van der Waals surface area contributed by atoms with Crippen molar-refractivity contribution in [2.24, 2.45) is 5.92 Å². The summed E-state index contributed by atoms with van der Waals surface area (Å²) in [7, 11) is 1.56. The summed E-state index contributed by atoms with van der Waals surface area (Å²) in [5.74, 6) is -0.344. The van der Waals surface area contributed by atoms with Gasteiger partial charge in [-0.2, -0.15) is 0 Å². The fraction of sp³-hybridized carbons (Fsp3) is 0.588. The van der Waals surface area contributed by atoms with E-state index in [-0.39, 0.29) is 23.5 Å². The van der Waals surface area contributed by atoms with E-state index in [1.54, 1.807) is 7.11 Å². The molecule has 0 spiro atoms. The first-order chi connectivity index (χ1) is 12.0. The molecule has 2 heterocycles. The van der Waals surface area contributed by atoms with Crippen molar-refractivity contribution in [2.45, 2.75) is 37.8 Å². The standard InChI is InChI=1S/C17H21ClN2O5/c1-24-13-5-12(6-15(21)22)20(8-13)17(23)11-4-14(18)16(19-7-11)25-9-10-2-3-10/h4,7,10,12-13H,2-3,5-6,8-9H2,1H3,(H,21,22). The maximum absolute atomic E-state index is 12.8. The van der Waals surface area contributed by atoms with Crippen LogP contribution in [0.5, 0.6) is 5.88 Å². The zero-order chi connectivity index (χ0) is 18.0. The van der Waals surface area contributed by atoms with E-state index in [9.17, 15) is 9.59 Å². The Bertz CT molecular complexity index is 664. The fourth-order valence-corrected chi connectivity index (χ4v) is 3.20. The van der Waals surface area contributed by atoms with Gasteiger partial charge in [-0.15, -0.1) is 0 Å². The van der Waals surface area contributed by atoms with Crippen LogP contribution in [0.3, 0.4) is 0 Å². The van der Waals surface area contributed by atoms with Crippen molar-refractivity contribution >= 4 is 23.5 Å². The lowest BCUT2D eigenvalue weighted by Gasteiger charge is -2.23. The van der Waals surface area contributed by atoms with Crippen LogP contribution in [0, 0.1) is 5.92 Å². The van der Waals surface area contributed by atoms with Crippen LogP contribution >= 0.6 is 11.6 Å². The predicted octanol–water partition coefficient (Wildman–Crippen LogP) is 2.23. The van der Waals surface area contributed by atoms with E-state index < -0.39 is 12.0 Å². The fourth-order valence-electron chi connectivity index (χ4n) is 2.98. The molecule has 3 rings (SSSR count). The van der Waals surface area contributed by atoms with Crippen molar-refractivity contribution in [3.05, 3.63) is 22.8 Å². The number of carbonyl (C=O) groups is 2. The van der Waals surface area contributed by atoms with Crippen LogP contribution < -0.4 is 4.74 Å². The first kappa shape index (κ1) is 17.9. The minimum atomic E-state index is -0.945. The number of carboxylic acids is 1. The predicted molar refractivity (Wildman–Crippen MR) is 90.0 cm³/mol. The van der Waals surface area contributed by atoms with E-state index in [4.69, 9.17) is 26.2 Å². The molecule has 0 radical (unpaired) electrons. The number of pyridine rings is 1. The highest BCUT2D eigenvalue weighted by molar-refractivity contribution is 6.32. The van der Waals surface area contributed by atoms with Gasteiger partial charge in [0.2, 0.25) is 5.88 Å². The number of ether oxygens (including phenoxy) is 2. The van der Waals surface area contributed by atoms with E-state index in [2.05, 4.69) is 4.98 Å². The molecule has 0 aromatic carbocycles. The number of rotatable bonds is 7. The summed E-state index contributed by atoms with van der Waals surface area (Å²) in [6.45, 7) is 0.938. The summed E-state index contributed by atoms with van der Waals surface area (Å²) in [6.07, 6.45) is 3.96. The van der Waals surface area contributed by atoms with E-state index in [1.807, 2.05) is 0 Å². The van der Waals surface area contributed by atoms with Crippen LogP contribution in [0.15, 0.2) is 12.3 Å². The number of nitrogens with zero attached hydrogens (tertiary/aromatic N) is 2. The highest BCUT2D eigenvalue weighted by Crippen LogP contribution is 2.31. The summed E-state index contributed by atoms with van der Waals surface area (Å²) in [5.41, 5.74) is 0.316. The quantitative estimate of drug-likeness (QED) is 0.793. The van der Waals surface area contributed by atoms with Crippen LogP contribution in [-0.2, 0) is 9.53 Å². The Morgan fingerprint density at radius 3 is 2.80 bits per heavy atom. The number of carboxylic acid groups (broad SMARTS) is 1. The Balaban J connectivity index is 1.71. The molecular formula is C17H21ClN2O5. The molecule has 1 saturated heterocycles. The van der Waals surface area contributed by atoms with Gasteiger partial charge in [-0.3, -0.25) is 9.59 Å². The second-order valence-corrected chi connectivity index (χ2v) is 6.98. The number of amides is 1. The van der Waals surface area contributed by atoms with Crippen LogP contribution in [-0.4, -0.2) is 59.3 Å². The molecule has 136 valence electrons. The third kappa shape index (κ3) is 4.41. The van der Waals surface area contributed by atoms with Gasteiger partial charge in [-0.25, -0.2) is 4.98 Å². The van der Waals surface area contributed by atoms with Crippen LogP contribution in [0.25, 0.3) is 0 Å². The van der Waals surface area contributed by atoms with Gasteiger partial charge in [0.15, 0.2) is 0 Å². The molecule has 1 aliphatic carbocycles. The Hall–Kier alpha value is -1.86. The SMILES string of the molecule is COC1CC(CC(=O)O)N(C(=O)c2cnc(OCC3CC3)c(Cl)c2)C1. The topological polar surface area (TPSA) is 89.0 Å². The van der Waals surface area contributed by atoms with Gasteiger partial charge in [0.05, 0.1) is 24.7 Å². The highest BCUT2D eigenvalue weighted by atomic mass is 35.5. The molecule has 2 atom stereocenters. The summed E-state index contributed by atoms with van der Waals surface area (Å²) < 4.78 is 10.9. The normalized spacial score (nSPS) is 22.9. The molecule has 1 N–H and O–H groups in total. The van der Waals surface area contributed by atoms with Gasteiger partial charge in [0, 0.05) is 25.9 Å². The first-order valence-corrected chi connectivity index (χ1v) is 8.69. The number of aliphatic carboxylic acids is 1. The smallest absolute Gasteiger partial charge is 0.305 e. The molecular weight excluding hydrogens is 348 g/mol. The van der Waals surface area contributed by atoms with Gasteiger partial charge in [-0.05, 0) is 31.2 Å². The van der Waals surface area contributed by atoms with Gasteiger partial charge in [0.25, 0.3) is 5.91 Å². The largest absolute Gasteiger partial charge is 0.481 e. The van der Waals surface area contributed by atoms with Crippen molar-refractivity contribution in [3.8, 4) is 5.88 Å². The van der Waals surface area contributed by atoms with Gasteiger partial charge in [0.1, 0.15) is 5.02 Å². The maximum atomic E-state index is 12.8. The summed E-state index contributed by atoms with van der Waals surface area (Å²) in [4.78, 5) is 29.5. The zero-order valence-corrected chi connectivity index (χ0v) is 14.7. The molecule has 2 aliphatic rings. The molecule has 25 heavy (non-hydrogen) atoms. The monoisotopic (exact) mass is 368 g/mol. The van der Waals surface area contributed by atoms with Gasteiger partial charge >= 0.3 is 5.97 Å². The summed E-state index contributed by atoms with van der Waals surface area (Å²) in [5, 5.41) is 9.34. The molecule has 1 aromatic heterocycles. The van der Waals surface area contributed by atoms with E-state index in [0.29, 0.717) is 36.9 Å². The Kier molecular flexibility index (Phi) is 5.44. The average molecular weight is 369 g/mol. The number of likely N-dealkylation sites (tertiary alicyclic amines) is 1. The summed E-state index contributed by atoms with van der Waals surface area (Å²) in [6, 6.07) is 1.12. The molecule has 0 bridgehead atoms. The lowest BCUT2D eigenvalue weighted by Crippen LogP contribution is -2.37. The highest BCUT2D eigenvalue weighted by Gasteiger charge is 2.37. The Morgan fingerprint density at radius 1 is 1.44 bits per heavy atom. The van der Waals surface area contributed by atoms with Crippen molar-refractivity contribution in [3.63, 3.8) is 0 Å².